The van der Waals surface area contributed by atoms with Gasteiger partial charge in [-0.15, -0.1) is 0 Å². The van der Waals surface area contributed by atoms with Gasteiger partial charge in [0.2, 0.25) is 0 Å². The van der Waals surface area contributed by atoms with E-state index in [-0.39, 0.29) is 0 Å². The number of unbranched alkanes of at least 4 members (excludes halogenated alkanes) is 16. The van der Waals surface area contributed by atoms with Crippen LogP contribution in [0.25, 0.3) is 0 Å². The van der Waals surface area contributed by atoms with Crippen LogP contribution in [0.1, 0.15) is 122 Å². The van der Waals surface area contributed by atoms with Gasteiger partial charge in [-0.1, -0.05) is 110 Å². The van der Waals surface area contributed by atoms with Gasteiger partial charge in [0.1, 0.15) is 0 Å². The minimum absolute atomic E-state index is 0.404. The molecular formula is C20H42O10. The summed E-state index contributed by atoms with van der Waals surface area (Å²) < 4.78 is 0. The van der Waals surface area contributed by atoms with Gasteiger partial charge in [0, 0.05) is 6.42 Å². The lowest BCUT2D eigenvalue weighted by molar-refractivity contribution is -0.832. The van der Waals surface area contributed by atoms with Gasteiger partial charge in [0.15, 0.2) is 6.29 Å². The Bertz CT molecular complexity index is 309. The molecule has 0 bridgehead atoms. The van der Waals surface area contributed by atoms with Crippen molar-refractivity contribution in [1.29, 1.82) is 0 Å². The van der Waals surface area contributed by atoms with Gasteiger partial charge < -0.3 is 5.11 Å². The largest absolute Gasteiger partial charge is 0.366 e. The molecule has 1 atom stereocenters. The second-order valence-corrected chi connectivity index (χ2v) is 7.48. The number of rotatable bonds is 26. The van der Waals surface area contributed by atoms with E-state index in [4.69, 9.17) is 5.26 Å². The molecule has 1 unspecified atom stereocenters. The number of hydrogen-bond donors (Lipinski definition) is 2. The van der Waals surface area contributed by atoms with Gasteiger partial charge in [-0.25, -0.2) is 5.26 Å². The normalized spacial score (nSPS) is 12.5. The molecule has 0 aliphatic rings. The zero-order chi connectivity index (χ0) is 22.0. The summed E-state index contributed by atoms with van der Waals surface area (Å²) in [7, 11) is 0. The van der Waals surface area contributed by atoms with Crippen LogP contribution in [0.5, 0.6) is 0 Å². The van der Waals surface area contributed by atoms with Crippen LogP contribution in [-0.4, -0.2) is 16.7 Å². The van der Waals surface area contributed by atoms with Gasteiger partial charge >= 0.3 is 0 Å². The van der Waals surface area contributed by atoms with Crippen LogP contribution in [0.4, 0.5) is 0 Å². The average Bonchev–Trinajstić information content (AvgIpc) is 2.75. The fourth-order valence-electron chi connectivity index (χ4n) is 3.21. The van der Waals surface area contributed by atoms with Gasteiger partial charge in [0.05, 0.1) is 0 Å². The Kier molecular flexibility index (Phi) is 26.3. The first-order valence-electron chi connectivity index (χ1n) is 11.5. The summed E-state index contributed by atoms with van der Waals surface area (Å²) in [4.78, 5) is 4.43. The van der Waals surface area contributed by atoms with E-state index in [1.165, 1.54) is 89.9 Å². The Morgan fingerprint density at radius 3 is 1.30 bits per heavy atom. The Balaban J connectivity index is 3.10. The lowest BCUT2D eigenvalue weighted by atomic mass is 10.0. The van der Waals surface area contributed by atoms with E-state index in [9.17, 15) is 5.11 Å². The monoisotopic (exact) mass is 442 g/mol. The molecule has 0 saturated carbocycles. The molecule has 0 radical (unpaired) electrons. The minimum atomic E-state index is -1.15. The van der Waals surface area contributed by atoms with E-state index in [1.807, 2.05) is 0 Å². The van der Waals surface area contributed by atoms with Gasteiger partial charge in [-0.2, -0.15) is 4.89 Å². The summed E-state index contributed by atoms with van der Waals surface area (Å²) >= 11 is 0. The second kappa shape index (κ2) is 26.6. The highest BCUT2D eigenvalue weighted by atomic mass is 17.9. The zero-order valence-electron chi connectivity index (χ0n) is 18.5. The topological polar surface area (TPSA) is 114 Å². The molecule has 10 heteroatoms. The summed E-state index contributed by atoms with van der Waals surface area (Å²) in [5.74, 6) is 0. The molecule has 0 aromatic carbocycles. The Hall–Kier alpha value is -0.400. The van der Waals surface area contributed by atoms with Gasteiger partial charge in [0.25, 0.3) is 0 Å². The van der Waals surface area contributed by atoms with Crippen LogP contribution < -0.4 is 0 Å². The molecule has 182 valence electrons. The molecule has 30 heavy (non-hydrogen) atoms. The van der Waals surface area contributed by atoms with E-state index in [2.05, 4.69) is 47.1 Å². The molecule has 0 aromatic heterocycles. The third kappa shape index (κ3) is 25.6. The predicted molar refractivity (Wildman–Crippen MR) is 106 cm³/mol. The molecule has 0 aliphatic heterocycles. The second-order valence-electron chi connectivity index (χ2n) is 7.48. The number of aliphatic hydroxyl groups is 1. The van der Waals surface area contributed by atoms with Crippen molar-refractivity contribution in [3.8, 4) is 0 Å². The fourth-order valence-corrected chi connectivity index (χ4v) is 3.21. The molecular weight excluding hydrogens is 400 g/mol. The Labute approximate surface area is 180 Å². The maximum atomic E-state index is 9.48. The van der Waals surface area contributed by atoms with Crippen molar-refractivity contribution in [1.82, 2.24) is 0 Å². The Morgan fingerprint density at radius 2 is 0.867 bits per heavy atom. The SMILES string of the molecule is CCCCCCCCCCCCCCCCCCCC(O)OOOOOOOOO. The van der Waals surface area contributed by atoms with Crippen molar-refractivity contribution in [2.45, 2.75) is 129 Å². The van der Waals surface area contributed by atoms with Crippen LogP contribution in [0.3, 0.4) is 0 Å². The van der Waals surface area contributed by atoms with Crippen LogP contribution in [-0.2, 0) is 40.2 Å². The van der Waals surface area contributed by atoms with Crippen LogP contribution >= 0.6 is 0 Å². The van der Waals surface area contributed by atoms with Crippen molar-refractivity contribution < 1.29 is 50.5 Å². The molecule has 2 N–H and O–H groups in total. The van der Waals surface area contributed by atoms with Crippen molar-refractivity contribution in [3.63, 3.8) is 0 Å². The maximum absolute atomic E-state index is 9.48. The molecule has 0 saturated heterocycles. The lowest BCUT2D eigenvalue weighted by Crippen LogP contribution is -2.13. The molecule has 0 heterocycles. The number of hydrogen-bond acceptors (Lipinski definition) is 10. The maximum Gasteiger partial charge on any atom is 0.191 e. The minimum Gasteiger partial charge on any atom is -0.366 e. The third-order valence-electron chi connectivity index (χ3n) is 4.87. The van der Waals surface area contributed by atoms with Gasteiger partial charge in [-0.05, 0) is 41.7 Å². The predicted octanol–water partition coefficient (Wildman–Crippen LogP) is 6.36. The van der Waals surface area contributed by atoms with E-state index in [0.29, 0.717) is 6.42 Å². The van der Waals surface area contributed by atoms with Crippen molar-refractivity contribution in [2.75, 3.05) is 0 Å². The summed E-state index contributed by atoms with van der Waals surface area (Å²) in [5.41, 5.74) is 0. The summed E-state index contributed by atoms with van der Waals surface area (Å²) in [6, 6.07) is 0. The molecule has 0 amide bonds. The van der Waals surface area contributed by atoms with Crippen LogP contribution in [0.15, 0.2) is 0 Å². The molecule has 0 fully saturated rings. The van der Waals surface area contributed by atoms with Crippen molar-refractivity contribution in [2.24, 2.45) is 0 Å². The van der Waals surface area contributed by atoms with E-state index in [1.54, 1.807) is 0 Å². The zero-order valence-corrected chi connectivity index (χ0v) is 18.5. The first-order valence-corrected chi connectivity index (χ1v) is 11.5. The fraction of sp³-hybridized carbons (Fsp3) is 1.00. The quantitative estimate of drug-likeness (QED) is 0.0678. The summed E-state index contributed by atoms with van der Waals surface area (Å²) in [5, 5.41) is 42.3. The van der Waals surface area contributed by atoms with Gasteiger partial charge in [-0.3, -0.25) is 0 Å². The van der Waals surface area contributed by atoms with Crippen molar-refractivity contribution >= 4 is 0 Å². The van der Waals surface area contributed by atoms with Crippen LogP contribution in [0.2, 0.25) is 0 Å². The summed E-state index contributed by atoms with van der Waals surface area (Å²) in [6.45, 7) is 2.26. The highest BCUT2D eigenvalue weighted by Crippen LogP contribution is 2.14. The highest BCUT2D eigenvalue weighted by molar-refractivity contribution is 4.50. The van der Waals surface area contributed by atoms with Crippen molar-refractivity contribution in [3.05, 3.63) is 0 Å². The highest BCUT2D eigenvalue weighted by Gasteiger charge is 2.06. The van der Waals surface area contributed by atoms with Crippen LogP contribution in [0, 0.1) is 0 Å². The first-order chi connectivity index (χ1) is 14.8. The molecule has 0 aromatic rings. The third-order valence-corrected chi connectivity index (χ3v) is 4.87. The smallest absolute Gasteiger partial charge is 0.191 e. The molecule has 0 aliphatic carbocycles. The average molecular weight is 443 g/mol. The lowest BCUT2D eigenvalue weighted by Gasteiger charge is -2.08. The Morgan fingerprint density at radius 1 is 0.500 bits per heavy atom. The standard InChI is InChI=1S/C20H42O10/c1-2-3-4-5-6-7-8-9-10-11-12-13-14-15-16-17-18-19-20(21)23-25-27-29-30-28-26-24-22/h20-22H,2-19H2,1H3. The summed E-state index contributed by atoms with van der Waals surface area (Å²) in [6.07, 6.45) is 21.3. The molecule has 10 nitrogen and oxygen atoms in total. The first kappa shape index (κ1) is 29.6. The molecule has 0 spiro atoms. The van der Waals surface area contributed by atoms with E-state index < -0.39 is 6.29 Å². The number of aliphatic hydroxyl groups excluding tert-OH is 1. The van der Waals surface area contributed by atoms with E-state index >= 15 is 0 Å². The molecule has 0 rings (SSSR count). The van der Waals surface area contributed by atoms with E-state index in [0.717, 1.165) is 19.3 Å².